The maximum absolute atomic E-state index is 12.5. The molecule has 1 aliphatic rings. The number of nitriles is 1. The summed E-state index contributed by atoms with van der Waals surface area (Å²) in [5.41, 5.74) is 1.58. The Balaban J connectivity index is 1.72. The molecule has 1 aliphatic heterocycles. The highest BCUT2D eigenvalue weighted by atomic mass is 32.2. The molecule has 0 saturated carbocycles. The maximum atomic E-state index is 12.5. The van der Waals surface area contributed by atoms with Crippen molar-refractivity contribution >= 4 is 27.0 Å². The summed E-state index contributed by atoms with van der Waals surface area (Å²) in [6.45, 7) is 2.16. The van der Waals surface area contributed by atoms with E-state index in [-0.39, 0.29) is 0 Å². The fourth-order valence-corrected chi connectivity index (χ4v) is 5.06. The minimum absolute atomic E-state index is 0.396. The smallest absolute Gasteiger partial charge is 0.252 e. The summed E-state index contributed by atoms with van der Waals surface area (Å²) in [4.78, 5) is 2.11. The normalized spacial score (nSPS) is 16.4. The molecular weight excluding hydrogens is 318 g/mol. The van der Waals surface area contributed by atoms with E-state index in [9.17, 15) is 8.42 Å². The summed E-state index contributed by atoms with van der Waals surface area (Å²) in [7, 11) is -3.36. The van der Waals surface area contributed by atoms with E-state index in [1.807, 2.05) is 18.2 Å². The van der Waals surface area contributed by atoms with Crippen LogP contribution in [0.25, 0.3) is 0 Å². The van der Waals surface area contributed by atoms with Gasteiger partial charge in [0.15, 0.2) is 0 Å². The van der Waals surface area contributed by atoms with E-state index in [0.29, 0.717) is 36.0 Å². The van der Waals surface area contributed by atoms with Crippen LogP contribution in [-0.4, -0.2) is 38.9 Å². The van der Waals surface area contributed by atoms with Gasteiger partial charge < -0.3 is 4.90 Å². The van der Waals surface area contributed by atoms with Crippen LogP contribution >= 0.6 is 11.3 Å². The molecule has 1 fully saturated rings. The second kappa shape index (κ2) is 6.08. The Bertz CT molecular complexity index is 786. The Morgan fingerprint density at radius 1 is 1.09 bits per heavy atom. The Morgan fingerprint density at radius 3 is 2.50 bits per heavy atom. The first-order chi connectivity index (χ1) is 10.6. The molecule has 0 spiro atoms. The quantitative estimate of drug-likeness (QED) is 0.863. The molecule has 0 N–H and O–H groups in total. The zero-order valence-electron chi connectivity index (χ0n) is 11.8. The largest absolute Gasteiger partial charge is 0.369 e. The molecule has 0 unspecified atom stereocenters. The number of rotatable bonds is 3. The number of hydrogen-bond donors (Lipinski definition) is 0. The number of thiophene rings is 1. The van der Waals surface area contributed by atoms with Gasteiger partial charge in [0.2, 0.25) is 0 Å². The SMILES string of the molecule is N#Cc1cccc(N2CCN(S(=O)(=O)c3cccs3)CC2)c1. The lowest BCUT2D eigenvalue weighted by Crippen LogP contribution is -2.48. The van der Waals surface area contributed by atoms with Crippen molar-refractivity contribution < 1.29 is 8.42 Å². The molecule has 1 aromatic heterocycles. The van der Waals surface area contributed by atoms with Gasteiger partial charge in [0.05, 0.1) is 11.6 Å². The fourth-order valence-electron chi connectivity index (χ4n) is 2.50. The van der Waals surface area contributed by atoms with Gasteiger partial charge in [-0.15, -0.1) is 11.3 Å². The molecule has 2 aromatic rings. The van der Waals surface area contributed by atoms with Gasteiger partial charge in [-0.25, -0.2) is 8.42 Å². The highest BCUT2D eigenvalue weighted by Crippen LogP contribution is 2.24. The van der Waals surface area contributed by atoms with Crippen LogP contribution in [0.1, 0.15) is 5.56 Å². The zero-order valence-corrected chi connectivity index (χ0v) is 13.5. The predicted molar refractivity (Wildman–Crippen MR) is 86.4 cm³/mol. The number of hydrogen-bond acceptors (Lipinski definition) is 5. The summed E-state index contributed by atoms with van der Waals surface area (Å²) in [6, 6.07) is 12.9. The van der Waals surface area contributed by atoms with Gasteiger partial charge in [-0.2, -0.15) is 9.57 Å². The number of anilines is 1. The maximum Gasteiger partial charge on any atom is 0.252 e. The highest BCUT2D eigenvalue weighted by molar-refractivity contribution is 7.91. The summed E-state index contributed by atoms with van der Waals surface area (Å²) in [5.74, 6) is 0. The monoisotopic (exact) mass is 333 g/mol. The highest BCUT2D eigenvalue weighted by Gasteiger charge is 2.29. The van der Waals surface area contributed by atoms with E-state index >= 15 is 0 Å². The lowest BCUT2D eigenvalue weighted by Gasteiger charge is -2.35. The Kier molecular flexibility index (Phi) is 4.16. The molecule has 114 valence electrons. The van der Waals surface area contributed by atoms with Crippen LogP contribution in [0.2, 0.25) is 0 Å². The van der Waals surface area contributed by atoms with Crippen LogP contribution in [-0.2, 0) is 10.0 Å². The third-order valence-corrected chi connectivity index (χ3v) is 6.94. The summed E-state index contributed by atoms with van der Waals surface area (Å²) < 4.78 is 26.9. The Labute approximate surface area is 134 Å². The van der Waals surface area contributed by atoms with Crippen molar-refractivity contribution in [1.29, 1.82) is 5.26 Å². The van der Waals surface area contributed by atoms with Crippen molar-refractivity contribution in [2.75, 3.05) is 31.1 Å². The lowest BCUT2D eigenvalue weighted by molar-refractivity contribution is 0.386. The first kappa shape index (κ1) is 15.0. The van der Waals surface area contributed by atoms with Gasteiger partial charge in [0, 0.05) is 31.9 Å². The van der Waals surface area contributed by atoms with Crippen molar-refractivity contribution in [1.82, 2.24) is 4.31 Å². The number of benzene rings is 1. The molecular formula is C15H15N3O2S2. The third kappa shape index (κ3) is 2.86. The van der Waals surface area contributed by atoms with Crippen LogP contribution in [0, 0.1) is 11.3 Å². The molecule has 1 saturated heterocycles. The average molecular weight is 333 g/mol. The first-order valence-electron chi connectivity index (χ1n) is 6.90. The molecule has 22 heavy (non-hydrogen) atoms. The molecule has 0 bridgehead atoms. The van der Waals surface area contributed by atoms with Gasteiger partial charge in [-0.1, -0.05) is 12.1 Å². The van der Waals surface area contributed by atoms with Crippen LogP contribution in [0.3, 0.4) is 0 Å². The molecule has 1 aromatic carbocycles. The average Bonchev–Trinajstić information content (AvgIpc) is 3.10. The van der Waals surface area contributed by atoms with Gasteiger partial charge in [0.25, 0.3) is 10.0 Å². The van der Waals surface area contributed by atoms with Gasteiger partial charge >= 0.3 is 0 Å². The lowest BCUT2D eigenvalue weighted by atomic mass is 10.2. The van der Waals surface area contributed by atoms with Crippen LogP contribution in [0.5, 0.6) is 0 Å². The van der Waals surface area contributed by atoms with E-state index in [0.717, 1.165) is 5.69 Å². The minimum atomic E-state index is -3.36. The van der Waals surface area contributed by atoms with Crippen molar-refractivity contribution in [2.45, 2.75) is 4.21 Å². The van der Waals surface area contributed by atoms with Crippen molar-refractivity contribution in [3.63, 3.8) is 0 Å². The molecule has 0 atom stereocenters. The molecule has 0 radical (unpaired) electrons. The summed E-state index contributed by atoms with van der Waals surface area (Å²) >= 11 is 1.25. The molecule has 0 aliphatic carbocycles. The Hall–Kier alpha value is -1.88. The van der Waals surface area contributed by atoms with Crippen LogP contribution < -0.4 is 4.90 Å². The van der Waals surface area contributed by atoms with E-state index < -0.39 is 10.0 Å². The molecule has 2 heterocycles. The van der Waals surface area contributed by atoms with Crippen molar-refractivity contribution in [3.8, 4) is 6.07 Å². The zero-order chi connectivity index (χ0) is 15.6. The van der Waals surface area contributed by atoms with Gasteiger partial charge in [0.1, 0.15) is 4.21 Å². The number of piperazine rings is 1. The van der Waals surface area contributed by atoms with Gasteiger partial charge in [-0.3, -0.25) is 0 Å². The van der Waals surface area contributed by atoms with Crippen LogP contribution in [0.15, 0.2) is 46.0 Å². The molecule has 7 heteroatoms. The standard InChI is InChI=1S/C15H15N3O2S2/c16-12-13-3-1-4-14(11-13)17-6-8-18(9-7-17)22(19,20)15-5-2-10-21-15/h1-5,10-11H,6-9H2. The van der Waals surface area contributed by atoms with E-state index in [4.69, 9.17) is 5.26 Å². The minimum Gasteiger partial charge on any atom is -0.369 e. The van der Waals surface area contributed by atoms with E-state index in [1.165, 1.54) is 15.6 Å². The predicted octanol–water partition coefficient (Wildman–Crippen LogP) is 2.13. The Morgan fingerprint density at radius 2 is 1.86 bits per heavy atom. The third-order valence-electron chi connectivity index (χ3n) is 3.67. The first-order valence-corrected chi connectivity index (χ1v) is 9.22. The molecule has 5 nitrogen and oxygen atoms in total. The topological polar surface area (TPSA) is 64.4 Å². The second-order valence-corrected chi connectivity index (χ2v) is 8.10. The van der Waals surface area contributed by atoms with Crippen LogP contribution in [0.4, 0.5) is 5.69 Å². The number of sulfonamides is 1. The number of nitrogens with zero attached hydrogens (tertiary/aromatic N) is 3. The fraction of sp³-hybridized carbons (Fsp3) is 0.267. The van der Waals surface area contributed by atoms with Gasteiger partial charge in [-0.05, 0) is 29.6 Å². The van der Waals surface area contributed by atoms with Crippen molar-refractivity contribution in [3.05, 3.63) is 47.3 Å². The van der Waals surface area contributed by atoms with E-state index in [1.54, 1.807) is 23.6 Å². The summed E-state index contributed by atoms with van der Waals surface area (Å²) in [5, 5.41) is 10.7. The summed E-state index contributed by atoms with van der Waals surface area (Å²) in [6.07, 6.45) is 0. The van der Waals surface area contributed by atoms with E-state index in [2.05, 4.69) is 11.0 Å². The second-order valence-electron chi connectivity index (χ2n) is 4.99. The molecule has 0 amide bonds. The molecule has 3 rings (SSSR count). The van der Waals surface area contributed by atoms with Crippen molar-refractivity contribution in [2.24, 2.45) is 0 Å².